The Hall–Kier alpha value is -2.48. The zero-order chi connectivity index (χ0) is 17.9. The van der Waals surface area contributed by atoms with E-state index in [9.17, 15) is 18.8 Å². The van der Waals surface area contributed by atoms with Crippen LogP contribution in [0.15, 0.2) is 24.3 Å². The van der Waals surface area contributed by atoms with Crippen molar-refractivity contribution in [3.05, 3.63) is 35.6 Å². The van der Waals surface area contributed by atoms with Crippen molar-refractivity contribution in [3.8, 4) is 0 Å². The van der Waals surface area contributed by atoms with Crippen molar-refractivity contribution in [2.45, 2.75) is 20.4 Å². The Balaban J connectivity index is 2.41. The molecule has 0 bridgehead atoms. The second kappa shape index (κ2) is 10.3. The molecule has 0 heterocycles. The number of rotatable bonds is 8. The van der Waals surface area contributed by atoms with Gasteiger partial charge in [-0.2, -0.15) is 0 Å². The first-order chi connectivity index (χ1) is 11.5. The molecule has 1 unspecified atom stereocenters. The number of benzene rings is 1. The maximum absolute atomic E-state index is 13.5. The van der Waals surface area contributed by atoms with Gasteiger partial charge in [-0.25, -0.2) is 9.18 Å². The van der Waals surface area contributed by atoms with Crippen LogP contribution in [0, 0.1) is 5.82 Å². The summed E-state index contributed by atoms with van der Waals surface area (Å²) in [7, 11) is 0. The third-order valence-corrected chi connectivity index (χ3v) is 3.27. The largest absolute Gasteiger partial charge is 0.450 e. The molecule has 0 aliphatic heterocycles. The van der Waals surface area contributed by atoms with Crippen LogP contribution in [0.25, 0.3) is 0 Å². The van der Waals surface area contributed by atoms with Gasteiger partial charge in [-0.05, 0) is 19.9 Å². The highest BCUT2D eigenvalue weighted by molar-refractivity contribution is 5.92. The number of nitrogens with one attached hydrogen (secondary N) is 3. The van der Waals surface area contributed by atoms with E-state index in [-0.39, 0.29) is 38.0 Å². The highest BCUT2D eigenvalue weighted by Gasteiger charge is 2.18. The van der Waals surface area contributed by atoms with E-state index < -0.39 is 12.0 Å². The van der Waals surface area contributed by atoms with Gasteiger partial charge in [0.15, 0.2) is 13.1 Å². The molecule has 1 aromatic carbocycles. The van der Waals surface area contributed by atoms with E-state index in [0.29, 0.717) is 17.0 Å². The SMILES string of the molecule is CCOC(=O)NC(=O)C[NH+](CC)CC(=O)NCc1ccccc1F. The molecule has 0 aromatic heterocycles. The molecule has 1 aromatic rings. The molecule has 0 fully saturated rings. The molecular weight excluding hydrogens is 317 g/mol. The van der Waals surface area contributed by atoms with Crippen molar-refractivity contribution >= 4 is 17.9 Å². The van der Waals surface area contributed by atoms with Gasteiger partial charge in [0.25, 0.3) is 11.8 Å². The average molecular weight is 340 g/mol. The molecule has 0 aliphatic carbocycles. The maximum atomic E-state index is 13.5. The summed E-state index contributed by atoms with van der Waals surface area (Å²) < 4.78 is 18.1. The maximum Gasteiger partial charge on any atom is 0.414 e. The number of halogens is 1. The number of hydrogen-bond acceptors (Lipinski definition) is 4. The van der Waals surface area contributed by atoms with E-state index in [1.54, 1.807) is 25.1 Å². The van der Waals surface area contributed by atoms with Crippen LogP contribution in [0.5, 0.6) is 0 Å². The summed E-state index contributed by atoms with van der Waals surface area (Å²) in [6, 6.07) is 6.18. The second-order valence-corrected chi connectivity index (χ2v) is 5.09. The lowest BCUT2D eigenvalue weighted by Crippen LogP contribution is -3.14. The number of imide groups is 1. The number of likely N-dealkylation sites (N-methyl/N-ethyl adjacent to an activating group) is 1. The predicted octanol–water partition coefficient (Wildman–Crippen LogP) is -0.381. The quantitative estimate of drug-likeness (QED) is 0.602. The summed E-state index contributed by atoms with van der Waals surface area (Å²) in [6.45, 7) is 4.22. The van der Waals surface area contributed by atoms with E-state index in [4.69, 9.17) is 0 Å². The zero-order valence-electron chi connectivity index (χ0n) is 13.9. The molecule has 1 atom stereocenters. The molecule has 7 nitrogen and oxygen atoms in total. The van der Waals surface area contributed by atoms with Crippen LogP contribution in [0.1, 0.15) is 19.4 Å². The number of alkyl carbamates (subject to hydrolysis) is 1. The third kappa shape index (κ3) is 7.19. The molecule has 1 rings (SSSR count). The summed E-state index contributed by atoms with van der Waals surface area (Å²) in [5.41, 5.74) is 0.393. The second-order valence-electron chi connectivity index (χ2n) is 5.09. The molecule has 3 amide bonds. The molecule has 0 saturated carbocycles. The van der Waals surface area contributed by atoms with Crippen LogP contribution in [0.4, 0.5) is 9.18 Å². The van der Waals surface area contributed by atoms with Crippen LogP contribution in [-0.2, 0) is 20.9 Å². The molecule has 0 radical (unpaired) electrons. The standard InChI is InChI=1S/C16H22FN3O4/c1-3-20(11-15(22)19-16(23)24-4-2)10-14(21)18-9-12-7-5-6-8-13(12)17/h5-8H,3-4,9-11H2,1-2H3,(H,18,21)(H,19,22,23)/p+1. The van der Waals surface area contributed by atoms with Crippen LogP contribution in [-0.4, -0.2) is 44.1 Å². The van der Waals surface area contributed by atoms with E-state index >= 15 is 0 Å². The monoisotopic (exact) mass is 340 g/mol. The summed E-state index contributed by atoms with van der Waals surface area (Å²) in [5.74, 6) is -1.21. The number of quaternary nitrogens is 1. The Morgan fingerprint density at radius 2 is 1.79 bits per heavy atom. The first-order valence-corrected chi connectivity index (χ1v) is 7.76. The van der Waals surface area contributed by atoms with Crippen molar-refractivity contribution in [1.29, 1.82) is 0 Å². The molecule has 0 saturated heterocycles. The van der Waals surface area contributed by atoms with Crippen molar-refractivity contribution in [3.63, 3.8) is 0 Å². The van der Waals surface area contributed by atoms with Crippen LogP contribution >= 0.6 is 0 Å². The summed E-state index contributed by atoms with van der Waals surface area (Å²) in [5, 5.41) is 4.70. The molecule has 8 heteroatoms. The molecule has 0 aliphatic rings. The zero-order valence-corrected chi connectivity index (χ0v) is 13.9. The van der Waals surface area contributed by atoms with Crippen LogP contribution in [0.2, 0.25) is 0 Å². The van der Waals surface area contributed by atoms with Gasteiger partial charge in [-0.3, -0.25) is 14.9 Å². The third-order valence-electron chi connectivity index (χ3n) is 3.27. The summed E-state index contributed by atoms with van der Waals surface area (Å²) >= 11 is 0. The minimum atomic E-state index is -0.804. The fourth-order valence-corrected chi connectivity index (χ4v) is 1.99. The van der Waals surface area contributed by atoms with Crippen LogP contribution in [0.3, 0.4) is 0 Å². The van der Waals surface area contributed by atoms with E-state index in [2.05, 4.69) is 15.4 Å². The average Bonchev–Trinajstić information content (AvgIpc) is 2.53. The molecular formula is C16H23FN3O4+. The number of hydrogen-bond donors (Lipinski definition) is 3. The Labute approximate surface area is 140 Å². The van der Waals surface area contributed by atoms with Gasteiger partial charge in [-0.1, -0.05) is 18.2 Å². The topological polar surface area (TPSA) is 88.9 Å². The Kier molecular flexibility index (Phi) is 8.42. The van der Waals surface area contributed by atoms with Gasteiger partial charge in [0, 0.05) is 12.1 Å². The first kappa shape index (κ1) is 19.6. The highest BCUT2D eigenvalue weighted by atomic mass is 19.1. The summed E-state index contributed by atoms with van der Waals surface area (Å²) in [4.78, 5) is 35.4. The highest BCUT2D eigenvalue weighted by Crippen LogP contribution is 2.04. The number of carbonyl (C=O) groups excluding carboxylic acids is 3. The number of carbonyl (C=O) groups is 3. The normalized spacial score (nSPS) is 11.5. The summed E-state index contributed by atoms with van der Waals surface area (Å²) in [6.07, 6.45) is -0.804. The van der Waals surface area contributed by atoms with Gasteiger partial charge in [0.2, 0.25) is 0 Å². The Bertz CT molecular complexity index is 580. The van der Waals surface area contributed by atoms with Crippen molar-refractivity contribution in [1.82, 2.24) is 10.6 Å². The molecule has 132 valence electrons. The van der Waals surface area contributed by atoms with Crippen molar-refractivity contribution < 1.29 is 28.4 Å². The van der Waals surface area contributed by atoms with E-state index in [1.165, 1.54) is 6.07 Å². The molecule has 3 N–H and O–H groups in total. The fraction of sp³-hybridized carbons (Fsp3) is 0.438. The lowest BCUT2D eigenvalue weighted by atomic mass is 10.2. The van der Waals surface area contributed by atoms with E-state index in [0.717, 1.165) is 0 Å². The molecule has 24 heavy (non-hydrogen) atoms. The van der Waals surface area contributed by atoms with Gasteiger partial charge in [0.05, 0.1) is 13.2 Å². The number of amides is 3. The minimum Gasteiger partial charge on any atom is -0.450 e. The Morgan fingerprint density at radius 3 is 2.42 bits per heavy atom. The van der Waals surface area contributed by atoms with Crippen molar-refractivity contribution in [2.24, 2.45) is 0 Å². The minimum absolute atomic E-state index is 0.0393. The van der Waals surface area contributed by atoms with Gasteiger partial charge < -0.3 is 15.0 Å². The molecule has 0 spiro atoms. The lowest BCUT2D eigenvalue weighted by Gasteiger charge is -2.16. The predicted molar refractivity (Wildman–Crippen MR) is 84.6 cm³/mol. The lowest BCUT2D eigenvalue weighted by molar-refractivity contribution is -0.881. The first-order valence-electron chi connectivity index (χ1n) is 7.76. The Morgan fingerprint density at radius 1 is 1.12 bits per heavy atom. The van der Waals surface area contributed by atoms with Gasteiger partial charge in [0.1, 0.15) is 5.82 Å². The number of ether oxygens (including phenoxy) is 1. The van der Waals surface area contributed by atoms with Crippen LogP contribution < -0.4 is 15.5 Å². The van der Waals surface area contributed by atoms with Gasteiger partial charge >= 0.3 is 6.09 Å². The fourth-order valence-electron chi connectivity index (χ4n) is 1.99. The van der Waals surface area contributed by atoms with Gasteiger partial charge in [-0.15, -0.1) is 0 Å². The van der Waals surface area contributed by atoms with E-state index in [1.807, 2.05) is 6.92 Å². The smallest absolute Gasteiger partial charge is 0.414 e. The van der Waals surface area contributed by atoms with Crippen molar-refractivity contribution in [2.75, 3.05) is 26.2 Å².